The summed E-state index contributed by atoms with van der Waals surface area (Å²) in [6.07, 6.45) is 2.81. The number of rotatable bonds is 12. The number of aryl methyl sites for hydroxylation is 1. The third-order valence-corrected chi connectivity index (χ3v) is 10.9. The highest BCUT2D eigenvalue weighted by Crippen LogP contribution is 2.30. The van der Waals surface area contributed by atoms with Gasteiger partial charge >= 0.3 is 12.2 Å². The van der Waals surface area contributed by atoms with Crippen LogP contribution in [-0.2, 0) is 25.5 Å². The molecule has 0 spiro atoms. The molecule has 2 unspecified atom stereocenters. The molecule has 0 radical (unpaired) electrons. The molecule has 1 aliphatic carbocycles. The van der Waals surface area contributed by atoms with Crippen LogP contribution in [-0.4, -0.2) is 98.4 Å². The van der Waals surface area contributed by atoms with Crippen molar-refractivity contribution in [3.05, 3.63) is 83.4 Å². The number of anilines is 1. The van der Waals surface area contributed by atoms with Gasteiger partial charge in [0.2, 0.25) is 17.6 Å². The van der Waals surface area contributed by atoms with E-state index in [2.05, 4.69) is 41.9 Å². The third kappa shape index (κ3) is 12.8. The van der Waals surface area contributed by atoms with E-state index in [4.69, 9.17) is 9.47 Å². The van der Waals surface area contributed by atoms with Gasteiger partial charge in [-0.25, -0.2) is 9.59 Å². The van der Waals surface area contributed by atoms with Crippen molar-refractivity contribution >= 4 is 35.6 Å². The Hall–Kier alpha value is -6.32. The number of carbonyl (C=O) groups is 5. The minimum absolute atomic E-state index is 0.186. The molecule has 330 valence electrons. The standard InChI is InChI=1S/C46H59N9O7/c1-28-8-13-34(41(57)49-36-22-23-55(27-36)44(60)62-46(5,6)7)25-37(28)31-14-9-29(10-15-31)24-38(42(58)48-35-20-18-32(19-21-35)39-51-53-54-52-39)50-40(56)33-16-11-30(12-17-33)26-47-43(59)61-45(2,3)4/h8-10,13-15,18-21,25,30,33,36,38H,11-12,16-17,22-24,26-27H2,1-7H3,(H,47,59)(H,48,58)(H,49,57)(H,50,56)(H,51,52,53,54). The van der Waals surface area contributed by atoms with E-state index in [1.54, 1.807) is 35.2 Å². The average molecular weight is 850 g/mol. The van der Waals surface area contributed by atoms with Crippen LogP contribution < -0.4 is 21.3 Å². The molecule has 3 aromatic carbocycles. The van der Waals surface area contributed by atoms with Crippen LogP contribution in [0.2, 0.25) is 0 Å². The van der Waals surface area contributed by atoms with E-state index in [0.717, 1.165) is 40.7 Å². The number of alkyl carbamates (subject to hydrolysis) is 1. The second-order valence-electron chi connectivity index (χ2n) is 18.3. The Bertz CT molecular complexity index is 2190. The summed E-state index contributed by atoms with van der Waals surface area (Å²) < 4.78 is 10.9. The van der Waals surface area contributed by atoms with Crippen molar-refractivity contribution in [2.75, 3.05) is 25.0 Å². The second-order valence-corrected chi connectivity index (χ2v) is 18.3. The molecule has 5 amide bonds. The van der Waals surface area contributed by atoms with Crippen LogP contribution in [0.25, 0.3) is 22.5 Å². The fourth-order valence-corrected chi connectivity index (χ4v) is 7.66. The number of H-pyrrole nitrogens is 1. The highest BCUT2D eigenvalue weighted by molar-refractivity contribution is 5.98. The highest BCUT2D eigenvalue weighted by atomic mass is 16.6. The summed E-state index contributed by atoms with van der Waals surface area (Å²) in [6, 6.07) is 19.3. The Morgan fingerprint density at radius 1 is 0.839 bits per heavy atom. The third-order valence-electron chi connectivity index (χ3n) is 10.9. The number of hydrogen-bond donors (Lipinski definition) is 5. The topological polar surface area (TPSA) is 210 Å². The summed E-state index contributed by atoms with van der Waals surface area (Å²) >= 11 is 0. The summed E-state index contributed by atoms with van der Waals surface area (Å²) in [5.41, 5.74) is 4.18. The molecule has 1 saturated carbocycles. The zero-order chi connectivity index (χ0) is 44.6. The Labute approximate surface area is 362 Å². The van der Waals surface area contributed by atoms with Crippen LogP contribution in [0.15, 0.2) is 66.7 Å². The summed E-state index contributed by atoms with van der Waals surface area (Å²) in [5.74, 6) is -0.398. The van der Waals surface area contributed by atoms with Gasteiger partial charge < -0.3 is 35.6 Å². The number of aromatic amines is 1. The highest BCUT2D eigenvalue weighted by Gasteiger charge is 2.32. The van der Waals surface area contributed by atoms with E-state index >= 15 is 0 Å². The van der Waals surface area contributed by atoms with Gasteiger partial charge in [0.25, 0.3) is 5.91 Å². The molecule has 2 aliphatic rings. The number of nitrogens with one attached hydrogen (secondary N) is 5. The number of benzene rings is 3. The van der Waals surface area contributed by atoms with Crippen molar-refractivity contribution in [1.29, 1.82) is 0 Å². The predicted molar refractivity (Wildman–Crippen MR) is 234 cm³/mol. The fraction of sp³-hybridized carbons (Fsp3) is 0.478. The van der Waals surface area contributed by atoms with Gasteiger partial charge in [0.1, 0.15) is 17.2 Å². The zero-order valence-corrected chi connectivity index (χ0v) is 36.7. The monoisotopic (exact) mass is 849 g/mol. The quantitative estimate of drug-likeness (QED) is 0.103. The maximum Gasteiger partial charge on any atom is 0.410 e. The molecule has 62 heavy (non-hydrogen) atoms. The lowest BCUT2D eigenvalue weighted by molar-refractivity contribution is -0.130. The summed E-state index contributed by atoms with van der Waals surface area (Å²) in [5, 5.41) is 26.0. The van der Waals surface area contributed by atoms with E-state index in [-0.39, 0.29) is 48.1 Å². The number of amides is 5. The molecule has 2 atom stereocenters. The minimum Gasteiger partial charge on any atom is -0.444 e. The van der Waals surface area contributed by atoms with Crippen LogP contribution in [0.4, 0.5) is 15.3 Å². The van der Waals surface area contributed by atoms with Gasteiger partial charge in [-0.05, 0) is 150 Å². The predicted octanol–water partition coefficient (Wildman–Crippen LogP) is 6.58. The first-order valence-corrected chi connectivity index (χ1v) is 21.3. The van der Waals surface area contributed by atoms with E-state index < -0.39 is 23.3 Å². The summed E-state index contributed by atoms with van der Waals surface area (Å²) in [4.78, 5) is 67.5. The molecular formula is C46H59N9O7. The van der Waals surface area contributed by atoms with Crippen molar-refractivity contribution < 1.29 is 33.4 Å². The molecule has 2 fully saturated rings. The largest absolute Gasteiger partial charge is 0.444 e. The first kappa shape index (κ1) is 45.2. The average Bonchev–Trinajstić information content (AvgIpc) is 3.93. The maximum atomic E-state index is 13.9. The lowest BCUT2D eigenvalue weighted by Gasteiger charge is -2.29. The van der Waals surface area contributed by atoms with Crippen LogP contribution >= 0.6 is 0 Å². The van der Waals surface area contributed by atoms with Gasteiger partial charge in [-0.3, -0.25) is 14.4 Å². The Morgan fingerprint density at radius 3 is 2.16 bits per heavy atom. The normalized spacial score (nSPS) is 18.3. The Kier molecular flexibility index (Phi) is 14.3. The van der Waals surface area contributed by atoms with E-state index in [1.165, 1.54) is 0 Å². The van der Waals surface area contributed by atoms with E-state index in [1.807, 2.05) is 84.9 Å². The fourth-order valence-electron chi connectivity index (χ4n) is 7.66. The number of aromatic nitrogens is 4. The minimum atomic E-state index is -0.882. The molecular weight excluding hydrogens is 791 g/mol. The summed E-state index contributed by atoms with van der Waals surface area (Å²) in [7, 11) is 0. The van der Waals surface area contributed by atoms with Crippen LogP contribution in [0.5, 0.6) is 0 Å². The first-order valence-electron chi connectivity index (χ1n) is 21.3. The van der Waals surface area contributed by atoms with Crippen molar-refractivity contribution in [3.63, 3.8) is 0 Å². The maximum absolute atomic E-state index is 13.9. The van der Waals surface area contributed by atoms with Gasteiger partial charge in [-0.2, -0.15) is 5.21 Å². The van der Waals surface area contributed by atoms with Crippen LogP contribution in [0, 0.1) is 18.8 Å². The van der Waals surface area contributed by atoms with Gasteiger partial charge in [0.05, 0.1) is 0 Å². The van der Waals surface area contributed by atoms with Gasteiger partial charge in [0.15, 0.2) is 0 Å². The molecule has 5 N–H and O–H groups in total. The smallest absolute Gasteiger partial charge is 0.410 e. The lowest BCUT2D eigenvalue weighted by atomic mass is 9.81. The first-order chi connectivity index (χ1) is 29.4. The van der Waals surface area contributed by atoms with Gasteiger partial charge in [-0.15, -0.1) is 10.2 Å². The van der Waals surface area contributed by atoms with Crippen molar-refractivity contribution in [3.8, 4) is 22.5 Å². The second kappa shape index (κ2) is 19.6. The SMILES string of the molecule is Cc1ccc(C(=O)NC2CCN(C(=O)OC(C)(C)C)C2)cc1-c1ccc(CC(NC(=O)C2CCC(CNC(=O)OC(C)(C)C)CC2)C(=O)Nc2ccc(-c3nn[nH]n3)cc2)cc1. The number of tetrazole rings is 1. The van der Waals surface area contributed by atoms with Crippen LogP contribution in [0.3, 0.4) is 0 Å². The molecule has 1 aromatic heterocycles. The Morgan fingerprint density at radius 2 is 1.52 bits per heavy atom. The van der Waals surface area contributed by atoms with E-state index in [0.29, 0.717) is 56.0 Å². The summed E-state index contributed by atoms with van der Waals surface area (Å²) in [6.45, 7) is 14.3. The van der Waals surface area contributed by atoms with Crippen molar-refractivity contribution in [1.82, 2.24) is 41.5 Å². The Balaban J connectivity index is 1.10. The number of nitrogens with zero attached hydrogens (tertiary/aromatic N) is 4. The van der Waals surface area contributed by atoms with Gasteiger partial charge in [0, 0.05) is 54.8 Å². The van der Waals surface area contributed by atoms with E-state index in [9.17, 15) is 24.0 Å². The number of hydrogen-bond acceptors (Lipinski definition) is 10. The molecule has 16 nitrogen and oxygen atoms in total. The molecule has 2 heterocycles. The number of ether oxygens (including phenoxy) is 2. The molecule has 16 heteroatoms. The number of carbonyl (C=O) groups excluding carboxylic acids is 5. The zero-order valence-electron chi connectivity index (χ0n) is 36.7. The lowest BCUT2D eigenvalue weighted by Crippen LogP contribution is -2.48. The number of likely N-dealkylation sites (tertiary alicyclic amines) is 1. The van der Waals surface area contributed by atoms with Crippen molar-refractivity contribution in [2.45, 2.75) is 110 Å². The van der Waals surface area contributed by atoms with Crippen molar-refractivity contribution in [2.24, 2.45) is 11.8 Å². The molecule has 1 aliphatic heterocycles. The van der Waals surface area contributed by atoms with Gasteiger partial charge in [-0.1, -0.05) is 30.3 Å². The molecule has 6 rings (SSSR count). The molecule has 4 aromatic rings. The van der Waals surface area contributed by atoms with Crippen LogP contribution in [0.1, 0.15) is 95.1 Å². The molecule has 1 saturated heterocycles. The molecule has 0 bridgehead atoms.